The fourth-order valence-electron chi connectivity index (χ4n) is 3.42. The van der Waals surface area contributed by atoms with Crippen molar-refractivity contribution < 1.29 is 17.9 Å². The molecule has 0 amide bonds. The van der Waals surface area contributed by atoms with E-state index in [2.05, 4.69) is 15.2 Å². The Morgan fingerprint density at radius 1 is 1.10 bits per heavy atom. The van der Waals surface area contributed by atoms with Crippen molar-refractivity contribution in [1.82, 2.24) is 9.88 Å². The maximum Gasteiger partial charge on any atom is 0.416 e. The Bertz CT molecular complexity index is 950. The van der Waals surface area contributed by atoms with Crippen molar-refractivity contribution in [3.05, 3.63) is 47.3 Å². The molecule has 0 bridgehead atoms. The fraction of sp³-hybridized carbons (Fsp3) is 0.381. The summed E-state index contributed by atoms with van der Waals surface area (Å²) < 4.78 is 44.9. The molecule has 1 saturated heterocycles. The van der Waals surface area contributed by atoms with Gasteiger partial charge in [0.1, 0.15) is 0 Å². The van der Waals surface area contributed by atoms with Crippen LogP contribution in [0.1, 0.15) is 12.0 Å². The highest BCUT2D eigenvalue weighted by Crippen LogP contribution is 2.34. The van der Waals surface area contributed by atoms with Crippen LogP contribution in [0.25, 0.3) is 21.5 Å². The Balaban J connectivity index is 1.48. The number of fused-ring (bicyclic) bond motifs is 1. The van der Waals surface area contributed by atoms with Crippen molar-refractivity contribution in [3.8, 4) is 11.3 Å². The predicted molar refractivity (Wildman–Crippen MR) is 110 cm³/mol. The number of halogens is 3. The molecule has 1 aliphatic rings. The fourth-order valence-corrected chi connectivity index (χ4v) is 4.24. The third kappa shape index (κ3) is 4.88. The van der Waals surface area contributed by atoms with E-state index < -0.39 is 11.7 Å². The van der Waals surface area contributed by atoms with Crippen LogP contribution < -0.4 is 5.32 Å². The quantitative estimate of drug-likeness (QED) is 0.561. The van der Waals surface area contributed by atoms with Gasteiger partial charge in [-0.05, 0) is 42.6 Å². The molecule has 0 aliphatic carbocycles. The number of pyridine rings is 1. The summed E-state index contributed by atoms with van der Waals surface area (Å²) in [5, 5.41) is 5.47. The number of nitrogens with zero attached hydrogens (tertiary/aromatic N) is 2. The van der Waals surface area contributed by atoms with Gasteiger partial charge in [-0.3, -0.25) is 4.90 Å². The minimum Gasteiger partial charge on any atom is -0.384 e. The van der Waals surface area contributed by atoms with Crippen LogP contribution in [0.2, 0.25) is 0 Å². The topological polar surface area (TPSA) is 37.4 Å². The SMILES string of the molecule is FC(F)(F)c1ccc(-c2cc(NCCCN3CCOCC3)c3sccc3n2)cc1. The molecule has 0 unspecified atom stereocenters. The number of hydrogen-bond acceptors (Lipinski definition) is 5. The normalized spacial score (nSPS) is 15.7. The zero-order valence-electron chi connectivity index (χ0n) is 15.8. The summed E-state index contributed by atoms with van der Waals surface area (Å²) in [4.78, 5) is 7.02. The average Bonchev–Trinajstić information content (AvgIpc) is 3.20. The smallest absolute Gasteiger partial charge is 0.384 e. The molecule has 3 heterocycles. The summed E-state index contributed by atoms with van der Waals surface area (Å²) in [5.74, 6) is 0. The molecular formula is C21H22F3N3OS. The molecule has 0 radical (unpaired) electrons. The van der Waals surface area contributed by atoms with Gasteiger partial charge in [-0.25, -0.2) is 4.98 Å². The minimum atomic E-state index is -4.34. The van der Waals surface area contributed by atoms with Gasteiger partial charge in [0.05, 0.1) is 40.4 Å². The van der Waals surface area contributed by atoms with Gasteiger partial charge in [0.25, 0.3) is 0 Å². The second-order valence-corrected chi connectivity index (χ2v) is 7.92. The molecule has 0 spiro atoms. The first-order valence-corrected chi connectivity index (χ1v) is 10.5. The molecule has 154 valence electrons. The maximum absolute atomic E-state index is 12.8. The third-order valence-electron chi connectivity index (χ3n) is 4.99. The number of thiophene rings is 1. The molecule has 29 heavy (non-hydrogen) atoms. The van der Waals surface area contributed by atoms with Crippen LogP contribution in [0.15, 0.2) is 41.8 Å². The number of anilines is 1. The maximum atomic E-state index is 12.8. The van der Waals surface area contributed by atoms with Crippen LogP contribution in [-0.4, -0.2) is 49.3 Å². The Labute approximate surface area is 171 Å². The highest BCUT2D eigenvalue weighted by molar-refractivity contribution is 7.17. The average molecular weight is 421 g/mol. The van der Waals surface area contributed by atoms with Crippen molar-refractivity contribution in [2.75, 3.05) is 44.7 Å². The number of benzene rings is 1. The number of nitrogens with one attached hydrogen (secondary N) is 1. The lowest BCUT2D eigenvalue weighted by atomic mass is 10.1. The molecule has 4 nitrogen and oxygen atoms in total. The van der Waals surface area contributed by atoms with E-state index in [0.29, 0.717) is 11.3 Å². The van der Waals surface area contributed by atoms with Gasteiger partial charge in [0.15, 0.2) is 0 Å². The van der Waals surface area contributed by atoms with Crippen molar-refractivity contribution in [1.29, 1.82) is 0 Å². The molecule has 1 N–H and O–H groups in total. The number of morpholine rings is 1. The lowest BCUT2D eigenvalue weighted by Crippen LogP contribution is -2.37. The van der Waals surface area contributed by atoms with Gasteiger partial charge in [0, 0.05) is 25.2 Å². The van der Waals surface area contributed by atoms with Crippen LogP contribution in [0.5, 0.6) is 0 Å². The molecule has 1 aliphatic heterocycles. The third-order valence-corrected chi connectivity index (χ3v) is 5.93. The number of ether oxygens (including phenoxy) is 1. The molecule has 0 saturated carbocycles. The van der Waals surface area contributed by atoms with Crippen LogP contribution in [0.3, 0.4) is 0 Å². The lowest BCUT2D eigenvalue weighted by Gasteiger charge is -2.26. The monoisotopic (exact) mass is 421 g/mol. The highest BCUT2D eigenvalue weighted by atomic mass is 32.1. The number of alkyl halides is 3. The van der Waals surface area contributed by atoms with Gasteiger partial charge in [-0.1, -0.05) is 12.1 Å². The Morgan fingerprint density at radius 2 is 1.86 bits per heavy atom. The lowest BCUT2D eigenvalue weighted by molar-refractivity contribution is -0.137. The number of rotatable bonds is 6. The molecule has 8 heteroatoms. The zero-order chi connectivity index (χ0) is 20.3. The van der Waals surface area contributed by atoms with E-state index in [1.807, 2.05) is 17.5 Å². The Morgan fingerprint density at radius 3 is 2.59 bits per heavy atom. The molecule has 3 aromatic rings. The van der Waals surface area contributed by atoms with Crippen molar-refractivity contribution in [3.63, 3.8) is 0 Å². The number of aromatic nitrogens is 1. The Hall–Kier alpha value is -2.16. The standard InChI is InChI=1S/C21H22F3N3OS/c22-21(23,24)16-4-2-15(3-5-16)18-14-19(20-17(26-18)6-13-29-20)25-7-1-8-27-9-11-28-12-10-27/h2-6,13-14H,1,7-12H2,(H,25,26). The summed E-state index contributed by atoms with van der Waals surface area (Å²) in [7, 11) is 0. The predicted octanol–water partition coefficient (Wildman–Crippen LogP) is 5.12. The second kappa shape index (κ2) is 8.69. The second-order valence-electron chi connectivity index (χ2n) is 7.00. The van der Waals surface area contributed by atoms with Gasteiger partial charge < -0.3 is 10.1 Å². The van der Waals surface area contributed by atoms with Crippen LogP contribution in [-0.2, 0) is 10.9 Å². The summed E-state index contributed by atoms with van der Waals surface area (Å²) in [5.41, 5.74) is 2.51. The summed E-state index contributed by atoms with van der Waals surface area (Å²) >= 11 is 1.61. The zero-order valence-corrected chi connectivity index (χ0v) is 16.7. The van der Waals surface area contributed by atoms with Crippen molar-refractivity contribution in [2.45, 2.75) is 12.6 Å². The number of hydrogen-bond donors (Lipinski definition) is 1. The van der Waals surface area contributed by atoms with E-state index in [-0.39, 0.29) is 0 Å². The van der Waals surface area contributed by atoms with Gasteiger partial charge in [-0.15, -0.1) is 11.3 Å². The van der Waals surface area contributed by atoms with Gasteiger partial charge in [0.2, 0.25) is 0 Å². The van der Waals surface area contributed by atoms with E-state index in [9.17, 15) is 13.2 Å². The summed E-state index contributed by atoms with van der Waals surface area (Å²) in [6.45, 7) is 5.38. The van der Waals surface area contributed by atoms with E-state index in [4.69, 9.17) is 4.74 Å². The Kier molecular flexibility index (Phi) is 6.03. The molecule has 1 aromatic carbocycles. The van der Waals surface area contributed by atoms with E-state index in [0.717, 1.165) is 73.9 Å². The molecule has 1 fully saturated rings. The van der Waals surface area contributed by atoms with Crippen molar-refractivity contribution >= 4 is 27.2 Å². The first kappa shape index (κ1) is 20.1. The first-order valence-electron chi connectivity index (χ1n) is 9.60. The van der Waals surface area contributed by atoms with E-state index in [1.165, 1.54) is 12.1 Å². The van der Waals surface area contributed by atoms with Crippen LogP contribution in [0.4, 0.5) is 18.9 Å². The molecular weight excluding hydrogens is 399 g/mol. The summed E-state index contributed by atoms with van der Waals surface area (Å²) in [6.07, 6.45) is -3.33. The van der Waals surface area contributed by atoms with Gasteiger partial charge in [-0.2, -0.15) is 13.2 Å². The van der Waals surface area contributed by atoms with Crippen LogP contribution in [0, 0.1) is 0 Å². The van der Waals surface area contributed by atoms with E-state index in [1.54, 1.807) is 11.3 Å². The molecule has 0 atom stereocenters. The first-order chi connectivity index (χ1) is 14.0. The minimum absolute atomic E-state index is 0.653. The summed E-state index contributed by atoms with van der Waals surface area (Å²) in [6, 6.07) is 9.02. The largest absolute Gasteiger partial charge is 0.416 e. The molecule has 2 aromatic heterocycles. The van der Waals surface area contributed by atoms with Gasteiger partial charge >= 0.3 is 6.18 Å². The van der Waals surface area contributed by atoms with Crippen LogP contribution >= 0.6 is 11.3 Å². The molecule has 4 rings (SSSR count). The highest BCUT2D eigenvalue weighted by Gasteiger charge is 2.30. The van der Waals surface area contributed by atoms with Crippen molar-refractivity contribution in [2.24, 2.45) is 0 Å². The van der Waals surface area contributed by atoms with E-state index >= 15 is 0 Å².